The Labute approximate surface area is 164 Å². The molecular weight excluding hydrogens is 391 g/mol. The second-order valence-electron chi connectivity index (χ2n) is 6.04. The third-order valence-electron chi connectivity index (χ3n) is 3.86. The third-order valence-corrected chi connectivity index (χ3v) is 3.86. The van der Waals surface area contributed by atoms with Crippen LogP contribution in [0.15, 0.2) is 36.7 Å². The average Bonchev–Trinajstić information content (AvgIpc) is 2.70. The lowest BCUT2D eigenvalue weighted by Gasteiger charge is -2.15. The largest absolute Gasteiger partial charge is 0.416 e. The second kappa shape index (κ2) is 9.76. The van der Waals surface area contributed by atoms with E-state index in [4.69, 9.17) is 4.84 Å². The van der Waals surface area contributed by atoms with E-state index >= 15 is 0 Å². The van der Waals surface area contributed by atoms with Gasteiger partial charge in [0.2, 0.25) is 0 Å². The summed E-state index contributed by atoms with van der Waals surface area (Å²) in [6.07, 6.45) is -1.31. The van der Waals surface area contributed by atoms with Crippen molar-refractivity contribution in [2.45, 2.75) is 31.9 Å². The van der Waals surface area contributed by atoms with Gasteiger partial charge in [0.15, 0.2) is 0 Å². The van der Waals surface area contributed by atoms with Gasteiger partial charge in [0.25, 0.3) is 5.91 Å². The molecule has 0 atom stereocenters. The summed E-state index contributed by atoms with van der Waals surface area (Å²) in [7, 11) is 1.27. The SMILES string of the molecule is CN(OC(=O)CCc1ccnc(-c2cc(C(F)(F)F)ccn2)c1)C(=O)CCC=O. The van der Waals surface area contributed by atoms with Crippen LogP contribution >= 0.6 is 0 Å². The van der Waals surface area contributed by atoms with E-state index in [0.29, 0.717) is 11.8 Å². The van der Waals surface area contributed by atoms with Crippen molar-refractivity contribution >= 4 is 18.2 Å². The lowest BCUT2D eigenvalue weighted by atomic mass is 10.1. The molecule has 0 N–H and O–H groups in total. The van der Waals surface area contributed by atoms with Crippen LogP contribution < -0.4 is 0 Å². The molecule has 7 nitrogen and oxygen atoms in total. The Bertz CT molecular complexity index is 887. The fourth-order valence-corrected chi connectivity index (χ4v) is 2.35. The highest BCUT2D eigenvalue weighted by atomic mass is 19.4. The van der Waals surface area contributed by atoms with Crippen molar-refractivity contribution in [3.8, 4) is 11.4 Å². The van der Waals surface area contributed by atoms with Crippen LogP contribution in [0, 0.1) is 0 Å². The second-order valence-corrected chi connectivity index (χ2v) is 6.04. The van der Waals surface area contributed by atoms with Gasteiger partial charge in [-0.3, -0.25) is 14.8 Å². The van der Waals surface area contributed by atoms with Crippen molar-refractivity contribution in [3.05, 3.63) is 47.8 Å². The number of rotatable bonds is 7. The lowest BCUT2D eigenvalue weighted by molar-refractivity contribution is -0.192. The highest BCUT2D eigenvalue weighted by molar-refractivity contribution is 5.79. The van der Waals surface area contributed by atoms with Crippen LogP contribution in [-0.4, -0.2) is 40.2 Å². The number of carbonyl (C=O) groups excluding carboxylic acids is 3. The zero-order chi connectivity index (χ0) is 21.4. The minimum atomic E-state index is -4.49. The molecule has 29 heavy (non-hydrogen) atoms. The summed E-state index contributed by atoms with van der Waals surface area (Å²) in [5, 5.41) is 0.774. The molecule has 0 saturated heterocycles. The van der Waals surface area contributed by atoms with Gasteiger partial charge in [0.1, 0.15) is 6.29 Å². The van der Waals surface area contributed by atoms with E-state index in [1.54, 1.807) is 6.07 Å². The van der Waals surface area contributed by atoms with E-state index in [9.17, 15) is 27.6 Å². The molecule has 0 unspecified atom stereocenters. The number of hydrogen-bond acceptors (Lipinski definition) is 6. The number of aryl methyl sites for hydroxylation is 1. The highest BCUT2D eigenvalue weighted by Crippen LogP contribution is 2.30. The van der Waals surface area contributed by atoms with Crippen LogP contribution in [-0.2, 0) is 31.8 Å². The van der Waals surface area contributed by atoms with E-state index in [-0.39, 0.29) is 37.1 Å². The minimum Gasteiger partial charge on any atom is -0.338 e. The number of nitrogens with zero attached hydrogens (tertiary/aromatic N) is 3. The number of aldehydes is 1. The number of pyridine rings is 2. The van der Waals surface area contributed by atoms with Crippen LogP contribution in [0.2, 0.25) is 0 Å². The lowest BCUT2D eigenvalue weighted by Crippen LogP contribution is -2.29. The van der Waals surface area contributed by atoms with Gasteiger partial charge < -0.3 is 9.63 Å². The fraction of sp³-hybridized carbons (Fsp3) is 0.316. The van der Waals surface area contributed by atoms with Gasteiger partial charge in [-0.2, -0.15) is 18.2 Å². The van der Waals surface area contributed by atoms with E-state index in [1.165, 1.54) is 19.3 Å². The first kappa shape index (κ1) is 22.0. The quantitative estimate of drug-likeness (QED) is 0.516. The number of alkyl halides is 3. The molecule has 1 amide bonds. The number of halogens is 3. The Morgan fingerprint density at radius 1 is 1.10 bits per heavy atom. The van der Waals surface area contributed by atoms with Gasteiger partial charge in [-0.05, 0) is 36.2 Å². The molecule has 0 aliphatic heterocycles. The number of carbonyl (C=O) groups is 3. The van der Waals surface area contributed by atoms with Gasteiger partial charge in [0, 0.05) is 32.3 Å². The summed E-state index contributed by atoms with van der Waals surface area (Å²) < 4.78 is 38.6. The molecule has 2 aromatic rings. The number of aromatic nitrogens is 2. The number of hydroxylamine groups is 2. The Morgan fingerprint density at radius 3 is 2.41 bits per heavy atom. The molecule has 0 spiro atoms. The highest BCUT2D eigenvalue weighted by Gasteiger charge is 2.30. The van der Waals surface area contributed by atoms with Crippen LogP contribution in [0.4, 0.5) is 13.2 Å². The fourth-order valence-electron chi connectivity index (χ4n) is 2.35. The molecule has 0 bridgehead atoms. The van der Waals surface area contributed by atoms with Crippen molar-refractivity contribution in [2.24, 2.45) is 0 Å². The minimum absolute atomic E-state index is 0.0318. The molecule has 0 aliphatic rings. The molecule has 0 radical (unpaired) electrons. The van der Waals surface area contributed by atoms with Gasteiger partial charge in [-0.1, -0.05) is 0 Å². The monoisotopic (exact) mass is 409 g/mol. The molecule has 0 fully saturated rings. The molecule has 0 saturated carbocycles. The normalized spacial score (nSPS) is 11.0. The Kier molecular flexibility index (Phi) is 7.40. The molecule has 0 aliphatic carbocycles. The van der Waals surface area contributed by atoms with Gasteiger partial charge in [0.05, 0.1) is 23.4 Å². The van der Waals surface area contributed by atoms with E-state index in [1.807, 2.05) is 0 Å². The maximum atomic E-state index is 12.9. The molecular formula is C19H18F3N3O4. The zero-order valence-corrected chi connectivity index (χ0v) is 15.5. The molecule has 2 rings (SSSR count). The number of amides is 1. The smallest absolute Gasteiger partial charge is 0.338 e. The van der Waals surface area contributed by atoms with Crippen molar-refractivity contribution in [1.82, 2.24) is 15.0 Å². The summed E-state index contributed by atoms with van der Waals surface area (Å²) in [6, 6.07) is 4.93. The molecule has 2 heterocycles. The summed E-state index contributed by atoms with van der Waals surface area (Å²) in [4.78, 5) is 46.6. The average molecular weight is 409 g/mol. The third kappa shape index (κ3) is 6.66. The Balaban J connectivity index is 1.99. The van der Waals surface area contributed by atoms with Gasteiger partial charge >= 0.3 is 12.1 Å². The van der Waals surface area contributed by atoms with Gasteiger partial charge in [-0.15, -0.1) is 0 Å². The van der Waals surface area contributed by atoms with E-state index in [2.05, 4.69) is 9.97 Å². The first-order chi connectivity index (χ1) is 13.7. The van der Waals surface area contributed by atoms with Crippen LogP contribution in [0.1, 0.15) is 30.4 Å². The standard InChI is InChI=1S/C19H18F3N3O4/c1-25(17(27)3-2-10-26)29-18(28)5-4-13-6-8-23-15(11-13)16-12-14(7-9-24-16)19(20,21)22/h6-12H,2-5H2,1H3. The predicted octanol–water partition coefficient (Wildman–Crippen LogP) is 2.99. The molecule has 0 aromatic carbocycles. The maximum absolute atomic E-state index is 12.9. The maximum Gasteiger partial charge on any atom is 0.416 e. The van der Waals surface area contributed by atoms with Crippen LogP contribution in [0.5, 0.6) is 0 Å². The van der Waals surface area contributed by atoms with E-state index < -0.39 is 23.6 Å². The van der Waals surface area contributed by atoms with Crippen molar-refractivity contribution in [1.29, 1.82) is 0 Å². The van der Waals surface area contributed by atoms with Crippen LogP contribution in [0.3, 0.4) is 0 Å². The van der Waals surface area contributed by atoms with Crippen molar-refractivity contribution in [2.75, 3.05) is 7.05 Å². The first-order valence-corrected chi connectivity index (χ1v) is 8.60. The van der Waals surface area contributed by atoms with Crippen LogP contribution in [0.25, 0.3) is 11.4 Å². The number of hydrogen-bond donors (Lipinski definition) is 0. The zero-order valence-electron chi connectivity index (χ0n) is 15.5. The van der Waals surface area contributed by atoms with Crippen molar-refractivity contribution in [3.63, 3.8) is 0 Å². The topological polar surface area (TPSA) is 89.5 Å². The molecule has 2 aromatic heterocycles. The Morgan fingerprint density at radius 2 is 1.76 bits per heavy atom. The summed E-state index contributed by atoms with van der Waals surface area (Å²) >= 11 is 0. The molecule has 10 heteroatoms. The Hall–Kier alpha value is -3.30. The summed E-state index contributed by atoms with van der Waals surface area (Å²) in [5.41, 5.74) is 0.106. The van der Waals surface area contributed by atoms with E-state index in [0.717, 1.165) is 23.4 Å². The molecule has 154 valence electrons. The summed E-state index contributed by atoms with van der Waals surface area (Å²) in [6.45, 7) is 0. The summed E-state index contributed by atoms with van der Waals surface area (Å²) in [5.74, 6) is -1.17. The predicted molar refractivity (Wildman–Crippen MR) is 95.0 cm³/mol. The first-order valence-electron chi connectivity index (χ1n) is 8.60. The van der Waals surface area contributed by atoms with Gasteiger partial charge in [-0.25, -0.2) is 4.79 Å². The van der Waals surface area contributed by atoms with Crippen molar-refractivity contribution < 1.29 is 32.4 Å².